The van der Waals surface area contributed by atoms with Crippen LogP contribution < -0.4 is 14.8 Å². The van der Waals surface area contributed by atoms with Gasteiger partial charge in [-0.25, -0.2) is 0 Å². The molecule has 3 rings (SSSR count). The number of rotatable bonds is 8. The van der Waals surface area contributed by atoms with Crippen LogP contribution in [0.3, 0.4) is 0 Å². The molecule has 8 heteroatoms. The van der Waals surface area contributed by atoms with E-state index in [-0.39, 0.29) is 12.2 Å². The Morgan fingerprint density at radius 1 is 0.970 bits per heavy atom. The predicted molar refractivity (Wildman–Crippen MR) is 142 cm³/mol. The molecular formula is C25H17I2N3O3. The molecule has 0 atom stereocenters. The van der Waals surface area contributed by atoms with Crippen LogP contribution >= 0.6 is 45.2 Å². The van der Waals surface area contributed by atoms with Crippen molar-refractivity contribution in [2.24, 2.45) is 0 Å². The van der Waals surface area contributed by atoms with Gasteiger partial charge in [0.1, 0.15) is 35.8 Å². The number of ether oxygens (including phenoxy) is 2. The summed E-state index contributed by atoms with van der Waals surface area (Å²) < 4.78 is 12.7. The third-order valence-corrected chi connectivity index (χ3v) is 5.94. The molecule has 0 heterocycles. The number of nitriles is 2. The molecule has 3 aromatic carbocycles. The number of anilines is 1. The van der Waals surface area contributed by atoms with Crippen molar-refractivity contribution in [2.75, 3.05) is 11.9 Å². The third kappa shape index (κ3) is 7.20. The summed E-state index contributed by atoms with van der Waals surface area (Å²) in [5.41, 5.74) is 2.27. The number of hydrogen-bond acceptors (Lipinski definition) is 5. The van der Waals surface area contributed by atoms with Crippen molar-refractivity contribution in [3.8, 4) is 23.6 Å². The average Bonchev–Trinajstić information content (AvgIpc) is 2.82. The second-order valence-electron chi connectivity index (χ2n) is 6.68. The first kappa shape index (κ1) is 24.6. The maximum Gasteiger partial charge on any atom is 0.266 e. The molecule has 33 heavy (non-hydrogen) atoms. The zero-order valence-corrected chi connectivity index (χ0v) is 21.5. The minimum Gasteiger partial charge on any atom is -0.489 e. The normalized spacial score (nSPS) is 10.6. The lowest BCUT2D eigenvalue weighted by Gasteiger charge is -2.10. The van der Waals surface area contributed by atoms with Crippen LogP contribution in [-0.4, -0.2) is 12.5 Å². The molecule has 0 bridgehead atoms. The van der Waals surface area contributed by atoms with Crippen LogP contribution in [0.2, 0.25) is 0 Å². The Hall–Kier alpha value is -3.09. The number of amides is 1. The first-order valence-corrected chi connectivity index (χ1v) is 11.8. The zero-order chi connectivity index (χ0) is 23.6. The van der Waals surface area contributed by atoms with Gasteiger partial charge in [-0.1, -0.05) is 30.3 Å². The quantitative estimate of drug-likeness (QED) is 0.184. The monoisotopic (exact) mass is 661 g/mol. The largest absolute Gasteiger partial charge is 0.489 e. The van der Waals surface area contributed by atoms with Crippen molar-refractivity contribution in [3.63, 3.8) is 0 Å². The zero-order valence-electron chi connectivity index (χ0n) is 17.2. The van der Waals surface area contributed by atoms with E-state index < -0.39 is 5.91 Å². The molecule has 0 radical (unpaired) electrons. The maximum atomic E-state index is 12.6. The van der Waals surface area contributed by atoms with Gasteiger partial charge < -0.3 is 14.8 Å². The fourth-order valence-corrected chi connectivity index (χ4v) is 4.92. The minimum atomic E-state index is -0.509. The van der Waals surface area contributed by atoms with Crippen LogP contribution in [-0.2, 0) is 11.4 Å². The number of nitrogens with one attached hydrogen (secondary N) is 1. The van der Waals surface area contributed by atoms with Crippen LogP contribution in [0.4, 0.5) is 5.69 Å². The summed E-state index contributed by atoms with van der Waals surface area (Å²) in [4.78, 5) is 12.6. The fourth-order valence-electron chi connectivity index (χ4n) is 2.79. The number of carbonyl (C=O) groups is 1. The molecule has 0 saturated carbocycles. The van der Waals surface area contributed by atoms with E-state index in [0.29, 0.717) is 29.4 Å². The Morgan fingerprint density at radius 3 is 2.24 bits per heavy atom. The van der Waals surface area contributed by atoms with Gasteiger partial charge in [-0.3, -0.25) is 4.79 Å². The molecule has 0 saturated heterocycles. The molecule has 0 aliphatic carbocycles. The Bertz CT molecular complexity index is 1220. The van der Waals surface area contributed by atoms with Gasteiger partial charge in [-0.2, -0.15) is 10.5 Å². The summed E-state index contributed by atoms with van der Waals surface area (Å²) in [6, 6.07) is 24.3. The molecule has 0 fully saturated rings. The van der Waals surface area contributed by atoms with Crippen molar-refractivity contribution in [1.82, 2.24) is 0 Å². The van der Waals surface area contributed by atoms with Crippen LogP contribution in [0.15, 0.2) is 72.3 Å². The standard InChI is InChI=1S/C25H17I2N3O3/c26-22-13-18(14-23(27)24(22)32-11-10-28)12-19(15-29)25(31)30-20-6-8-21(9-7-20)33-16-17-4-2-1-3-5-17/h1-9,12-14H,11,16H2,(H,30,31)/b19-12+. The SMILES string of the molecule is N#CCOc1c(I)cc(/C=C(\C#N)C(=O)Nc2ccc(OCc3ccccc3)cc2)cc1I. The van der Waals surface area contributed by atoms with E-state index in [2.05, 4.69) is 50.5 Å². The van der Waals surface area contributed by atoms with Gasteiger partial charge in [-0.05, 0) is 98.8 Å². The molecule has 0 spiro atoms. The lowest BCUT2D eigenvalue weighted by molar-refractivity contribution is -0.112. The Morgan fingerprint density at radius 2 is 1.64 bits per heavy atom. The highest BCUT2D eigenvalue weighted by atomic mass is 127. The summed E-state index contributed by atoms with van der Waals surface area (Å²) in [6.07, 6.45) is 1.52. The molecule has 1 amide bonds. The molecule has 0 aliphatic heterocycles. The Kier molecular flexibility index (Phi) is 9.10. The second-order valence-corrected chi connectivity index (χ2v) is 9.01. The number of benzene rings is 3. The third-order valence-electron chi connectivity index (χ3n) is 4.34. The van der Waals surface area contributed by atoms with Crippen LogP contribution in [0.25, 0.3) is 6.08 Å². The first-order valence-electron chi connectivity index (χ1n) is 9.69. The number of carbonyl (C=O) groups excluding carboxylic acids is 1. The van der Waals surface area contributed by atoms with E-state index >= 15 is 0 Å². The molecule has 0 aromatic heterocycles. The van der Waals surface area contributed by atoms with Crippen molar-refractivity contribution in [2.45, 2.75) is 6.61 Å². The lowest BCUT2D eigenvalue weighted by atomic mass is 10.1. The van der Waals surface area contributed by atoms with Gasteiger partial charge in [-0.15, -0.1) is 0 Å². The highest BCUT2D eigenvalue weighted by Crippen LogP contribution is 2.30. The summed E-state index contributed by atoms with van der Waals surface area (Å²) >= 11 is 4.19. The van der Waals surface area contributed by atoms with E-state index in [1.807, 2.05) is 42.5 Å². The van der Waals surface area contributed by atoms with Gasteiger partial charge in [0.25, 0.3) is 5.91 Å². The highest BCUT2D eigenvalue weighted by Gasteiger charge is 2.13. The smallest absolute Gasteiger partial charge is 0.266 e. The van der Waals surface area contributed by atoms with Crippen LogP contribution in [0, 0.1) is 29.8 Å². The summed E-state index contributed by atoms with van der Waals surface area (Å²) in [6.45, 7) is 0.398. The van der Waals surface area contributed by atoms with Gasteiger partial charge in [0.2, 0.25) is 0 Å². The van der Waals surface area contributed by atoms with Gasteiger partial charge in [0.05, 0.1) is 7.14 Å². The Labute approximate surface area is 219 Å². The van der Waals surface area contributed by atoms with Crippen molar-refractivity contribution in [3.05, 3.63) is 90.6 Å². The van der Waals surface area contributed by atoms with Crippen LogP contribution in [0.5, 0.6) is 11.5 Å². The molecule has 0 unspecified atom stereocenters. The maximum absolute atomic E-state index is 12.6. The van der Waals surface area contributed by atoms with Crippen LogP contribution in [0.1, 0.15) is 11.1 Å². The van der Waals surface area contributed by atoms with Gasteiger partial charge in [0, 0.05) is 5.69 Å². The summed E-state index contributed by atoms with van der Waals surface area (Å²) in [5, 5.41) is 20.9. The highest BCUT2D eigenvalue weighted by molar-refractivity contribution is 14.1. The molecule has 3 aromatic rings. The Balaban J connectivity index is 1.66. The predicted octanol–water partition coefficient (Wildman–Crippen LogP) is 5.92. The number of hydrogen-bond donors (Lipinski definition) is 1. The van der Waals surface area contributed by atoms with Crippen molar-refractivity contribution >= 4 is 62.9 Å². The van der Waals surface area contributed by atoms with E-state index in [4.69, 9.17) is 14.7 Å². The number of nitrogens with zero attached hydrogens (tertiary/aromatic N) is 2. The molecule has 1 N–H and O–H groups in total. The van der Waals surface area contributed by atoms with Gasteiger partial charge in [0.15, 0.2) is 6.61 Å². The molecule has 6 nitrogen and oxygen atoms in total. The number of halogens is 2. The fraction of sp³-hybridized carbons (Fsp3) is 0.0800. The minimum absolute atomic E-state index is 0.0308. The van der Waals surface area contributed by atoms with E-state index in [0.717, 1.165) is 12.7 Å². The molecule has 164 valence electrons. The lowest BCUT2D eigenvalue weighted by Crippen LogP contribution is -2.13. The first-order chi connectivity index (χ1) is 16.0. The second kappa shape index (κ2) is 12.2. The van der Waals surface area contributed by atoms with Crippen molar-refractivity contribution < 1.29 is 14.3 Å². The van der Waals surface area contributed by atoms with Crippen molar-refractivity contribution in [1.29, 1.82) is 10.5 Å². The van der Waals surface area contributed by atoms with E-state index in [1.165, 1.54) is 6.08 Å². The summed E-state index contributed by atoms with van der Waals surface area (Å²) in [5.74, 6) is 0.772. The molecule has 0 aliphatic rings. The topological polar surface area (TPSA) is 95.1 Å². The average molecular weight is 661 g/mol. The van der Waals surface area contributed by atoms with Gasteiger partial charge >= 0.3 is 0 Å². The van der Waals surface area contributed by atoms with E-state index in [9.17, 15) is 10.1 Å². The molecular weight excluding hydrogens is 644 g/mol. The summed E-state index contributed by atoms with van der Waals surface area (Å²) in [7, 11) is 0. The van der Waals surface area contributed by atoms with E-state index in [1.54, 1.807) is 36.4 Å².